The van der Waals surface area contributed by atoms with Crippen molar-refractivity contribution in [1.29, 1.82) is 0 Å². The molecule has 0 saturated carbocycles. The van der Waals surface area contributed by atoms with Gasteiger partial charge in [0.05, 0.1) is 28.5 Å². The molecule has 4 rings (SSSR count). The van der Waals surface area contributed by atoms with Crippen molar-refractivity contribution in [2.75, 3.05) is 13.7 Å². The molecule has 4 amide bonds. The first kappa shape index (κ1) is 38.5. The molecule has 0 aliphatic carbocycles. The van der Waals surface area contributed by atoms with Crippen LogP contribution in [0.15, 0.2) is 84.1 Å². The summed E-state index contributed by atoms with van der Waals surface area (Å²) in [5.41, 5.74) is 5.55. The standard InChI is InChI=1S/C37H48N6O5S2/c1-26(2)22-47-27(3)34(42-36(45)43(4)21-32-19-38-24-49-32)35(44)40-30(17-28-11-7-5-8-12-28)15-16-31(18-29-13-9-6-10-14-29)41-37(46)48-23-33-20-39-25-50-33/h5-14,19-20,24-27,30-31,34H,15-18,21-23H2,1-4H3,(H,40,44)(H,41,46)(H,42,45)/t27?,30-,31-,34+/m1/s1. The van der Waals surface area contributed by atoms with Crippen molar-refractivity contribution in [3.05, 3.63) is 105 Å². The van der Waals surface area contributed by atoms with Crippen molar-refractivity contribution in [2.24, 2.45) is 5.92 Å². The van der Waals surface area contributed by atoms with E-state index in [1.54, 1.807) is 37.4 Å². The Morgan fingerprint density at radius 3 is 1.88 bits per heavy atom. The third kappa shape index (κ3) is 13.5. The van der Waals surface area contributed by atoms with Gasteiger partial charge in [0.2, 0.25) is 5.91 Å². The fourth-order valence-electron chi connectivity index (χ4n) is 5.31. The molecular formula is C37H48N6O5S2. The Labute approximate surface area is 302 Å². The lowest BCUT2D eigenvalue weighted by molar-refractivity contribution is -0.127. The summed E-state index contributed by atoms with van der Waals surface area (Å²) in [7, 11) is 1.68. The van der Waals surface area contributed by atoms with Crippen molar-refractivity contribution in [1.82, 2.24) is 30.8 Å². The largest absolute Gasteiger partial charge is 0.444 e. The molecule has 2 aromatic heterocycles. The number of nitrogens with zero attached hydrogens (tertiary/aromatic N) is 3. The highest BCUT2D eigenvalue weighted by molar-refractivity contribution is 7.09. The molecule has 50 heavy (non-hydrogen) atoms. The number of rotatable bonds is 19. The Morgan fingerprint density at radius 1 is 0.780 bits per heavy atom. The summed E-state index contributed by atoms with van der Waals surface area (Å²) < 4.78 is 11.6. The van der Waals surface area contributed by atoms with E-state index < -0.39 is 18.2 Å². The number of nitrogens with one attached hydrogen (secondary N) is 3. The zero-order valence-corrected chi connectivity index (χ0v) is 30.8. The van der Waals surface area contributed by atoms with Crippen molar-refractivity contribution >= 4 is 40.7 Å². The molecule has 4 aromatic rings. The van der Waals surface area contributed by atoms with Gasteiger partial charge in [0.1, 0.15) is 12.6 Å². The van der Waals surface area contributed by atoms with Crippen LogP contribution in [0.1, 0.15) is 54.5 Å². The Kier molecular flexibility index (Phi) is 15.7. The molecule has 0 saturated heterocycles. The normalized spacial score (nSPS) is 13.5. The van der Waals surface area contributed by atoms with Gasteiger partial charge in [-0.15, -0.1) is 22.7 Å². The van der Waals surface area contributed by atoms with Gasteiger partial charge in [-0.2, -0.15) is 0 Å². The van der Waals surface area contributed by atoms with Crippen LogP contribution in [0.4, 0.5) is 9.59 Å². The van der Waals surface area contributed by atoms with Crippen LogP contribution in [0, 0.1) is 5.92 Å². The van der Waals surface area contributed by atoms with E-state index in [1.807, 2.05) is 74.5 Å². The molecule has 11 nitrogen and oxygen atoms in total. The van der Waals surface area contributed by atoms with E-state index in [1.165, 1.54) is 27.6 Å². The minimum Gasteiger partial charge on any atom is -0.444 e. The summed E-state index contributed by atoms with van der Waals surface area (Å²) >= 11 is 2.89. The molecule has 2 heterocycles. The fourth-order valence-corrected chi connectivity index (χ4v) is 6.46. The van der Waals surface area contributed by atoms with Crippen LogP contribution < -0.4 is 16.0 Å². The molecule has 0 fully saturated rings. The highest BCUT2D eigenvalue weighted by Gasteiger charge is 2.31. The highest BCUT2D eigenvalue weighted by Crippen LogP contribution is 2.16. The van der Waals surface area contributed by atoms with Crippen LogP contribution in [0.2, 0.25) is 0 Å². The predicted molar refractivity (Wildman–Crippen MR) is 197 cm³/mol. The maximum absolute atomic E-state index is 14.1. The lowest BCUT2D eigenvalue weighted by Crippen LogP contribution is -2.57. The predicted octanol–water partition coefficient (Wildman–Crippen LogP) is 6.22. The zero-order valence-electron chi connectivity index (χ0n) is 29.1. The molecule has 0 aliphatic heterocycles. The van der Waals surface area contributed by atoms with E-state index >= 15 is 0 Å². The van der Waals surface area contributed by atoms with Crippen molar-refractivity contribution in [3.8, 4) is 0 Å². The van der Waals surface area contributed by atoms with Gasteiger partial charge in [-0.3, -0.25) is 14.8 Å². The minimum atomic E-state index is -0.941. The molecule has 13 heteroatoms. The molecule has 3 N–H and O–H groups in total. The van der Waals surface area contributed by atoms with Gasteiger partial charge in [-0.25, -0.2) is 9.59 Å². The van der Waals surface area contributed by atoms with Crippen LogP contribution in [-0.2, 0) is 40.3 Å². The van der Waals surface area contributed by atoms with Gasteiger partial charge in [0.25, 0.3) is 0 Å². The molecule has 4 atom stereocenters. The van der Waals surface area contributed by atoms with Crippen LogP contribution in [-0.4, -0.2) is 70.8 Å². The third-order valence-electron chi connectivity index (χ3n) is 7.96. The van der Waals surface area contributed by atoms with Crippen molar-refractivity contribution in [2.45, 2.75) is 83.8 Å². The van der Waals surface area contributed by atoms with Gasteiger partial charge in [0, 0.05) is 43.0 Å². The lowest BCUT2D eigenvalue weighted by Gasteiger charge is -2.30. The van der Waals surface area contributed by atoms with Crippen molar-refractivity contribution < 1.29 is 23.9 Å². The Hall–Kier alpha value is -4.33. The molecular weight excluding hydrogens is 673 g/mol. The maximum atomic E-state index is 14.1. The lowest BCUT2D eigenvalue weighted by atomic mass is 9.95. The number of carbonyl (C=O) groups excluding carboxylic acids is 3. The summed E-state index contributed by atoms with van der Waals surface area (Å²) in [5.74, 6) is -0.0855. The average molecular weight is 721 g/mol. The smallest absolute Gasteiger partial charge is 0.407 e. The van der Waals surface area contributed by atoms with E-state index in [2.05, 4.69) is 25.9 Å². The third-order valence-corrected chi connectivity index (χ3v) is 9.47. The number of alkyl carbamates (subject to hydrolysis) is 1. The summed E-state index contributed by atoms with van der Waals surface area (Å²) in [6, 6.07) is 18.0. The fraction of sp³-hybridized carbons (Fsp3) is 0.432. The molecule has 268 valence electrons. The number of urea groups is 1. The summed E-state index contributed by atoms with van der Waals surface area (Å²) in [6.07, 6.45) is 4.58. The van der Waals surface area contributed by atoms with Crippen LogP contribution in [0.5, 0.6) is 0 Å². The van der Waals surface area contributed by atoms with Crippen LogP contribution in [0.3, 0.4) is 0 Å². The first-order valence-corrected chi connectivity index (χ1v) is 18.6. The average Bonchev–Trinajstić information content (AvgIpc) is 3.83. The van der Waals surface area contributed by atoms with E-state index in [9.17, 15) is 14.4 Å². The van der Waals surface area contributed by atoms with Gasteiger partial charge in [-0.05, 0) is 49.7 Å². The minimum absolute atomic E-state index is 0.144. The van der Waals surface area contributed by atoms with Crippen molar-refractivity contribution in [3.63, 3.8) is 0 Å². The molecule has 2 aromatic carbocycles. The number of carbonyl (C=O) groups is 3. The van der Waals surface area contributed by atoms with Gasteiger partial charge < -0.3 is 30.3 Å². The Morgan fingerprint density at radius 2 is 1.34 bits per heavy atom. The first-order valence-electron chi connectivity index (χ1n) is 16.9. The molecule has 0 bridgehead atoms. The topological polar surface area (TPSA) is 135 Å². The van der Waals surface area contributed by atoms with E-state index in [-0.39, 0.29) is 36.5 Å². The number of amides is 4. The van der Waals surface area contributed by atoms with Gasteiger partial charge in [-0.1, -0.05) is 74.5 Å². The Bertz CT molecular complexity index is 1560. The first-order chi connectivity index (χ1) is 24.2. The second-order valence-corrected chi connectivity index (χ2v) is 14.7. The number of hydrogen-bond donors (Lipinski definition) is 3. The maximum Gasteiger partial charge on any atom is 0.407 e. The molecule has 0 radical (unpaired) electrons. The zero-order chi connectivity index (χ0) is 35.7. The van der Waals surface area contributed by atoms with E-state index in [4.69, 9.17) is 9.47 Å². The highest BCUT2D eigenvalue weighted by atomic mass is 32.1. The molecule has 0 aliphatic rings. The number of ether oxygens (including phenoxy) is 2. The van der Waals surface area contributed by atoms with Gasteiger partial charge >= 0.3 is 12.1 Å². The molecule has 0 spiro atoms. The van der Waals surface area contributed by atoms with E-state index in [0.717, 1.165) is 20.9 Å². The summed E-state index contributed by atoms with van der Waals surface area (Å²) in [4.78, 5) is 51.8. The number of thiazole rings is 2. The van der Waals surface area contributed by atoms with E-state index in [0.29, 0.717) is 38.8 Å². The number of aromatic nitrogens is 2. The number of hydrogen-bond acceptors (Lipinski definition) is 9. The summed E-state index contributed by atoms with van der Waals surface area (Å²) in [5, 5.41) is 9.21. The SMILES string of the molecule is CC(C)COC(C)[C@H](NC(=O)N(C)Cc1cncs1)C(=O)N[C@H](CC[C@H](Cc1ccccc1)NC(=O)OCc1cncs1)Cc1ccccc1. The monoisotopic (exact) mass is 720 g/mol. The van der Waals surface area contributed by atoms with Gasteiger partial charge in [0.15, 0.2) is 0 Å². The summed E-state index contributed by atoms with van der Waals surface area (Å²) in [6.45, 7) is 6.83. The number of benzene rings is 2. The second kappa shape index (κ2) is 20.4. The molecule has 1 unspecified atom stereocenters. The van der Waals surface area contributed by atoms with Crippen LogP contribution in [0.25, 0.3) is 0 Å². The quantitative estimate of drug-likeness (QED) is 0.105. The second-order valence-electron chi connectivity index (χ2n) is 12.7. The van der Waals surface area contributed by atoms with Crippen LogP contribution >= 0.6 is 22.7 Å². The Balaban J connectivity index is 1.48.